The van der Waals surface area contributed by atoms with Gasteiger partial charge in [-0.3, -0.25) is 4.79 Å². The standard InChI is InChI=1S/C11H13NO3.C3H4O2/c1-8(13)12-10(11(14)15)7-9-5-3-2-4-6-9;1-2-3(4)5/h2-6,10H,7H2,1H3,(H,12,13)(H,14,15);2H,1H2,(H,4,5)/t10-;/m0./s1. The van der Waals surface area contributed by atoms with Gasteiger partial charge in [-0.2, -0.15) is 0 Å². The number of aliphatic carboxylic acids is 2. The molecule has 6 heteroatoms. The van der Waals surface area contributed by atoms with Gasteiger partial charge in [-0.25, -0.2) is 9.59 Å². The van der Waals surface area contributed by atoms with Crippen molar-refractivity contribution in [3.05, 3.63) is 48.6 Å². The SMILES string of the molecule is C=CC(=O)O.CC(=O)N[C@@H](Cc1ccccc1)C(=O)O. The van der Waals surface area contributed by atoms with Crippen molar-refractivity contribution in [3.8, 4) is 0 Å². The lowest BCUT2D eigenvalue weighted by Crippen LogP contribution is -2.41. The van der Waals surface area contributed by atoms with E-state index in [1.54, 1.807) is 0 Å². The summed E-state index contributed by atoms with van der Waals surface area (Å²) in [4.78, 5) is 30.8. The summed E-state index contributed by atoms with van der Waals surface area (Å²) in [7, 11) is 0. The topological polar surface area (TPSA) is 104 Å². The number of amides is 1. The fourth-order valence-electron chi connectivity index (χ4n) is 1.30. The Kier molecular flexibility index (Phi) is 8.09. The van der Waals surface area contributed by atoms with Gasteiger partial charge in [0.15, 0.2) is 0 Å². The van der Waals surface area contributed by atoms with Crippen LogP contribution in [0.1, 0.15) is 12.5 Å². The summed E-state index contributed by atoms with van der Waals surface area (Å²) in [6.07, 6.45) is 1.13. The van der Waals surface area contributed by atoms with E-state index in [2.05, 4.69) is 11.9 Å². The number of hydrogen-bond acceptors (Lipinski definition) is 3. The molecular weight excluding hydrogens is 262 g/mol. The van der Waals surface area contributed by atoms with Crippen LogP contribution in [0.4, 0.5) is 0 Å². The zero-order valence-electron chi connectivity index (χ0n) is 11.1. The first-order valence-corrected chi connectivity index (χ1v) is 5.76. The van der Waals surface area contributed by atoms with Crippen LogP contribution in [0, 0.1) is 0 Å². The minimum Gasteiger partial charge on any atom is -0.480 e. The first-order valence-electron chi connectivity index (χ1n) is 5.76. The lowest BCUT2D eigenvalue weighted by atomic mass is 10.1. The Morgan fingerprint density at radius 1 is 1.25 bits per heavy atom. The van der Waals surface area contributed by atoms with Gasteiger partial charge in [-0.05, 0) is 5.56 Å². The van der Waals surface area contributed by atoms with Crippen molar-refractivity contribution >= 4 is 17.8 Å². The number of carboxylic acid groups (broad SMARTS) is 2. The van der Waals surface area contributed by atoms with Crippen LogP contribution in [0.5, 0.6) is 0 Å². The van der Waals surface area contributed by atoms with E-state index in [0.717, 1.165) is 11.6 Å². The van der Waals surface area contributed by atoms with Crippen molar-refractivity contribution in [2.45, 2.75) is 19.4 Å². The van der Waals surface area contributed by atoms with E-state index >= 15 is 0 Å². The molecule has 0 aromatic heterocycles. The number of carbonyl (C=O) groups is 3. The first-order chi connectivity index (χ1) is 9.36. The van der Waals surface area contributed by atoms with Gasteiger partial charge in [-0.1, -0.05) is 36.9 Å². The predicted octanol–water partition coefficient (Wildman–Crippen LogP) is 1.08. The highest BCUT2D eigenvalue weighted by Gasteiger charge is 2.18. The zero-order valence-corrected chi connectivity index (χ0v) is 11.1. The fraction of sp³-hybridized carbons (Fsp3) is 0.214. The molecule has 20 heavy (non-hydrogen) atoms. The lowest BCUT2D eigenvalue weighted by Gasteiger charge is -2.12. The summed E-state index contributed by atoms with van der Waals surface area (Å²) >= 11 is 0. The van der Waals surface area contributed by atoms with E-state index < -0.39 is 18.0 Å². The average molecular weight is 279 g/mol. The molecule has 6 nitrogen and oxygen atoms in total. The number of carboxylic acids is 2. The maximum absolute atomic E-state index is 10.8. The molecule has 1 aromatic carbocycles. The monoisotopic (exact) mass is 279 g/mol. The van der Waals surface area contributed by atoms with Crippen molar-refractivity contribution in [2.75, 3.05) is 0 Å². The van der Waals surface area contributed by atoms with Crippen LogP contribution in [0.25, 0.3) is 0 Å². The van der Waals surface area contributed by atoms with E-state index in [4.69, 9.17) is 10.2 Å². The van der Waals surface area contributed by atoms with Crippen LogP contribution in [-0.4, -0.2) is 34.1 Å². The van der Waals surface area contributed by atoms with Gasteiger partial charge in [0.25, 0.3) is 0 Å². The van der Waals surface area contributed by atoms with Crippen LogP contribution >= 0.6 is 0 Å². The Labute approximate surface area is 116 Å². The van der Waals surface area contributed by atoms with Crippen LogP contribution in [0.3, 0.4) is 0 Å². The summed E-state index contributed by atoms with van der Waals surface area (Å²) in [6.45, 7) is 4.27. The Hall–Kier alpha value is -2.63. The highest BCUT2D eigenvalue weighted by molar-refractivity contribution is 5.82. The molecule has 0 aliphatic carbocycles. The fourth-order valence-corrected chi connectivity index (χ4v) is 1.30. The largest absolute Gasteiger partial charge is 0.480 e. The lowest BCUT2D eigenvalue weighted by molar-refractivity contribution is -0.141. The van der Waals surface area contributed by atoms with Crippen molar-refractivity contribution < 1.29 is 24.6 Å². The molecule has 0 radical (unpaired) electrons. The summed E-state index contributed by atoms with van der Waals surface area (Å²) < 4.78 is 0. The molecule has 0 spiro atoms. The van der Waals surface area contributed by atoms with Gasteiger partial charge in [0.2, 0.25) is 5.91 Å². The molecule has 0 fully saturated rings. The minimum atomic E-state index is -1.02. The Balaban J connectivity index is 0.000000621. The predicted molar refractivity (Wildman–Crippen MR) is 73.2 cm³/mol. The second kappa shape index (κ2) is 9.32. The molecule has 1 aromatic rings. The van der Waals surface area contributed by atoms with Crippen molar-refractivity contribution in [1.29, 1.82) is 0 Å². The van der Waals surface area contributed by atoms with E-state index in [1.807, 2.05) is 30.3 Å². The second-order valence-corrected chi connectivity index (χ2v) is 3.82. The van der Waals surface area contributed by atoms with E-state index in [9.17, 15) is 14.4 Å². The molecule has 0 heterocycles. The van der Waals surface area contributed by atoms with Crippen molar-refractivity contribution in [3.63, 3.8) is 0 Å². The quantitative estimate of drug-likeness (QED) is 0.700. The molecule has 1 atom stereocenters. The van der Waals surface area contributed by atoms with Crippen LogP contribution in [-0.2, 0) is 20.8 Å². The molecule has 0 saturated carbocycles. The van der Waals surface area contributed by atoms with Gasteiger partial charge < -0.3 is 15.5 Å². The molecule has 1 rings (SSSR count). The number of rotatable bonds is 5. The maximum atomic E-state index is 10.8. The molecule has 0 bridgehead atoms. The van der Waals surface area contributed by atoms with E-state index in [1.165, 1.54) is 6.92 Å². The molecule has 3 N–H and O–H groups in total. The number of benzene rings is 1. The van der Waals surface area contributed by atoms with Gasteiger partial charge in [-0.15, -0.1) is 0 Å². The highest BCUT2D eigenvalue weighted by atomic mass is 16.4. The Bertz CT molecular complexity index is 470. The van der Waals surface area contributed by atoms with Crippen LogP contribution in [0.2, 0.25) is 0 Å². The molecule has 108 valence electrons. The molecule has 1 amide bonds. The zero-order chi connectivity index (χ0) is 15.5. The number of carbonyl (C=O) groups excluding carboxylic acids is 1. The van der Waals surface area contributed by atoms with Crippen LogP contribution < -0.4 is 5.32 Å². The van der Waals surface area contributed by atoms with E-state index in [-0.39, 0.29) is 5.91 Å². The summed E-state index contributed by atoms with van der Waals surface area (Å²) in [5.74, 6) is -2.34. The third kappa shape index (κ3) is 8.46. The average Bonchev–Trinajstić information content (AvgIpc) is 2.39. The van der Waals surface area contributed by atoms with E-state index in [0.29, 0.717) is 6.42 Å². The van der Waals surface area contributed by atoms with Gasteiger partial charge >= 0.3 is 11.9 Å². The first kappa shape index (κ1) is 17.4. The van der Waals surface area contributed by atoms with Crippen LogP contribution in [0.15, 0.2) is 43.0 Å². The smallest absolute Gasteiger partial charge is 0.327 e. The van der Waals surface area contributed by atoms with Gasteiger partial charge in [0, 0.05) is 19.4 Å². The number of hydrogen-bond donors (Lipinski definition) is 3. The minimum absolute atomic E-state index is 0.301. The molecular formula is C14H17NO5. The normalized spacial score (nSPS) is 10.4. The number of nitrogens with one attached hydrogen (secondary N) is 1. The molecule has 0 unspecified atom stereocenters. The summed E-state index contributed by atoms with van der Waals surface area (Å²) in [6, 6.07) is 8.34. The second-order valence-electron chi connectivity index (χ2n) is 3.82. The third-order valence-corrected chi connectivity index (χ3v) is 2.13. The third-order valence-electron chi connectivity index (χ3n) is 2.13. The molecule has 0 saturated heterocycles. The molecule has 0 aliphatic rings. The van der Waals surface area contributed by atoms with Crippen molar-refractivity contribution in [2.24, 2.45) is 0 Å². The van der Waals surface area contributed by atoms with Gasteiger partial charge in [0.05, 0.1) is 0 Å². The summed E-state index contributed by atoms with van der Waals surface area (Å²) in [5, 5.41) is 18.9. The van der Waals surface area contributed by atoms with Crippen molar-refractivity contribution in [1.82, 2.24) is 5.32 Å². The Morgan fingerprint density at radius 2 is 1.75 bits per heavy atom. The maximum Gasteiger partial charge on any atom is 0.327 e. The Morgan fingerprint density at radius 3 is 2.10 bits per heavy atom. The summed E-state index contributed by atoms with van der Waals surface area (Å²) in [5.41, 5.74) is 0.888. The highest BCUT2D eigenvalue weighted by Crippen LogP contribution is 2.03. The molecule has 0 aliphatic heterocycles. The van der Waals surface area contributed by atoms with Gasteiger partial charge in [0.1, 0.15) is 6.04 Å².